The number of rotatable bonds is 1. The highest BCUT2D eigenvalue weighted by Gasteiger charge is 2.30. The lowest BCUT2D eigenvalue weighted by atomic mass is 9.73. The molecule has 0 aromatic heterocycles. The van der Waals surface area contributed by atoms with Crippen molar-refractivity contribution in [2.75, 3.05) is 13.2 Å². The maximum absolute atomic E-state index is 5.32. The van der Waals surface area contributed by atoms with Gasteiger partial charge in [-0.3, -0.25) is 0 Å². The highest BCUT2D eigenvalue weighted by molar-refractivity contribution is 4.79. The summed E-state index contributed by atoms with van der Waals surface area (Å²) < 4.78 is 5.32. The van der Waals surface area contributed by atoms with E-state index in [0.29, 0.717) is 5.41 Å². The molecule has 1 fully saturated rings. The molecule has 1 aliphatic heterocycles. The Labute approximate surface area is 63.8 Å². The summed E-state index contributed by atoms with van der Waals surface area (Å²) in [6.45, 7) is 8.93. The Kier molecular flexibility index (Phi) is 2.35. The fourth-order valence-electron chi connectivity index (χ4n) is 1.42. The van der Waals surface area contributed by atoms with Gasteiger partial charge in [-0.15, -0.1) is 0 Å². The van der Waals surface area contributed by atoms with Crippen LogP contribution in [0.2, 0.25) is 0 Å². The normalized spacial score (nSPS) is 25.2. The van der Waals surface area contributed by atoms with Gasteiger partial charge in [0.1, 0.15) is 0 Å². The lowest BCUT2D eigenvalue weighted by Gasteiger charge is -2.37. The van der Waals surface area contributed by atoms with Gasteiger partial charge in [-0.2, -0.15) is 0 Å². The van der Waals surface area contributed by atoms with Gasteiger partial charge in [0.25, 0.3) is 0 Å². The Morgan fingerprint density at radius 2 is 1.70 bits per heavy atom. The SMILES string of the molecule is CC(C)C1(C)CCOCC1. The van der Waals surface area contributed by atoms with Crippen molar-refractivity contribution in [1.82, 2.24) is 0 Å². The highest BCUT2D eigenvalue weighted by atomic mass is 16.5. The van der Waals surface area contributed by atoms with Gasteiger partial charge in [0, 0.05) is 13.2 Å². The quantitative estimate of drug-likeness (QED) is 0.546. The smallest absolute Gasteiger partial charge is 0.0471 e. The van der Waals surface area contributed by atoms with Crippen LogP contribution in [0.25, 0.3) is 0 Å². The summed E-state index contributed by atoms with van der Waals surface area (Å²) in [5, 5.41) is 0. The van der Waals surface area contributed by atoms with Crippen LogP contribution >= 0.6 is 0 Å². The summed E-state index contributed by atoms with van der Waals surface area (Å²) in [5.74, 6) is 0.802. The van der Waals surface area contributed by atoms with Crippen molar-refractivity contribution in [3.63, 3.8) is 0 Å². The Bertz CT molecular complexity index is 101. The highest BCUT2D eigenvalue weighted by Crippen LogP contribution is 2.36. The minimum atomic E-state index is 0.554. The average molecular weight is 142 g/mol. The van der Waals surface area contributed by atoms with E-state index in [2.05, 4.69) is 20.8 Å². The molecule has 1 nitrogen and oxygen atoms in total. The van der Waals surface area contributed by atoms with Crippen molar-refractivity contribution in [1.29, 1.82) is 0 Å². The van der Waals surface area contributed by atoms with E-state index in [1.54, 1.807) is 0 Å². The zero-order valence-corrected chi connectivity index (χ0v) is 7.31. The van der Waals surface area contributed by atoms with Gasteiger partial charge in [-0.05, 0) is 24.2 Å². The van der Waals surface area contributed by atoms with Crippen LogP contribution in [0.3, 0.4) is 0 Å². The van der Waals surface area contributed by atoms with Gasteiger partial charge in [-0.1, -0.05) is 20.8 Å². The standard InChI is InChI=1S/C9H18O/c1-8(2)9(3)4-6-10-7-5-9/h8H,4-7H2,1-3H3. The summed E-state index contributed by atoms with van der Waals surface area (Å²) in [5.41, 5.74) is 0.554. The molecule has 0 aromatic rings. The van der Waals surface area contributed by atoms with Crippen molar-refractivity contribution < 1.29 is 4.74 Å². The van der Waals surface area contributed by atoms with Gasteiger partial charge in [0.15, 0.2) is 0 Å². The Hall–Kier alpha value is -0.0400. The maximum Gasteiger partial charge on any atom is 0.0471 e. The third kappa shape index (κ3) is 1.51. The van der Waals surface area contributed by atoms with Crippen LogP contribution in [0.1, 0.15) is 33.6 Å². The van der Waals surface area contributed by atoms with Gasteiger partial charge in [-0.25, -0.2) is 0 Å². The predicted octanol–water partition coefficient (Wildman–Crippen LogP) is 2.46. The Balaban J connectivity index is 2.48. The second-order valence-corrected chi connectivity index (χ2v) is 3.92. The van der Waals surface area contributed by atoms with E-state index in [-0.39, 0.29) is 0 Å². The summed E-state index contributed by atoms with van der Waals surface area (Å²) in [4.78, 5) is 0. The third-order valence-corrected chi connectivity index (χ3v) is 3.03. The molecular formula is C9H18O. The first-order valence-electron chi connectivity index (χ1n) is 4.23. The van der Waals surface area contributed by atoms with Gasteiger partial charge >= 0.3 is 0 Å². The number of ether oxygens (including phenoxy) is 1. The molecule has 0 spiro atoms. The second-order valence-electron chi connectivity index (χ2n) is 3.92. The zero-order valence-electron chi connectivity index (χ0n) is 7.31. The summed E-state index contributed by atoms with van der Waals surface area (Å²) in [7, 11) is 0. The minimum absolute atomic E-state index is 0.554. The molecule has 1 heterocycles. The molecule has 0 atom stereocenters. The minimum Gasteiger partial charge on any atom is -0.381 e. The van der Waals surface area contributed by atoms with E-state index in [1.165, 1.54) is 12.8 Å². The van der Waals surface area contributed by atoms with Crippen LogP contribution < -0.4 is 0 Å². The average Bonchev–Trinajstić information content (AvgIpc) is 1.89. The van der Waals surface area contributed by atoms with Gasteiger partial charge < -0.3 is 4.74 Å². The molecule has 10 heavy (non-hydrogen) atoms. The maximum atomic E-state index is 5.32. The molecule has 0 aliphatic carbocycles. The zero-order chi connectivity index (χ0) is 7.61. The molecule has 1 aliphatic rings. The molecule has 60 valence electrons. The van der Waals surface area contributed by atoms with Crippen LogP contribution in [-0.4, -0.2) is 13.2 Å². The first kappa shape index (κ1) is 8.06. The van der Waals surface area contributed by atoms with Crippen LogP contribution in [0.4, 0.5) is 0 Å². The van der Waals surface area contributed by atoms with E-state index in [1.807, 2.05) is 0 Å². The third-order valence-electron chi connectivity index (χ3n) is 3.03. The predicted molar refractivity (Wildman–Crippen MR) is 43.0 cm³/mol. The van der Waals surface area contributed by atoms with Gasteiger partial charge in [0.2, 0.25) is 0 Å². The molecule has 0 amide bonds. The molecule has 1 rings (SSSR count). The molecule has 1 saturated heterocycles. The van der Waals surface area contributed by atoms with Crippen molar-refractivity contribution >= 4 is 0 Å². The molecule has 0 unspecified atom stereocenters. The summed E-state index contributed by atoms with van der Waals surface area (Å²) >= 11 is 0. The van der Waals surface area contributed by atoms with Crippen LogP contribution in [0.15, 0.2) is 0 Å². The summed E-state index contributed by atoms with van der Waals surface area (Å²) in [6.07, 6.45) is 2.48. The van der Waals surface area contributed by atoms with E-state index in [9.17, 15) is 0 Å². The monoisotopic (exact) mass is 142 g/mol. The van der Waals surface area contributed by atoms with Crippen LogP contribution in [0.5, 0.6) is 0 Å². The summed E-state index contributed by atoms with van der Waals surface area (Å²) in [6, 6.07) is 0. The lowest BCUT2D eigenvalue weighted by molar-refractivity contribution is 0.000602. The largest absolute Gasteiger partial charge is 0.381 e. The number of hydrogen-bond acceptors (Lipinski definition) is 1. The van der Waals surface area contributed by atoms with E-state index >= 15 is 0 Å². The molecular weight excluding hydrogens is 124 g/mol. The van der Waals surface area contributed by atoms with Crippen molar-refractivity contribution in [2.24, 2.45) is 11.3 Å². The fourth-order valence-corrected chi connectivity index (χ4v) is 1.42. The molecule has 0 aromatic carbocycles. The van der Waals surface area contributed by atoms with Crippen molar-refractivity contribution in [3.8, 4) is 0 Å². The molecule has 0 saturated carbocycles. The van der Waals surface area contributed by atoms with Crippen molar-refractivity contribution in [3.05, 3.63) is 0 Å². The van der Waals surface area contributed by atoms with Gasteiger partial charge in [0.05, 0.1) is 0 Å². The Morgan fingerprint density at radius 1 is 1.20 bits per heavy atom. The second kappa shape index (κ2) is 2.91. The first-order chi connectivity index (χ1) is 4.65. The van der Waals surface area contributed by atoms with Crippen LogP contribution in [-0.2, 0) is 4.74 Å². The van der Waals surface area contributed by atoms with Crippen molar-refractivity contribution in [2.45, 2.75) is 33.6 Å². The molecule has 0 bridgehead atoms. The molecule has 1 heteroatoms. The van der Waals surface area contributed by atoms with E-state index < -0.39 is 0 Å². The topological polar surface area (TPSA) is 9.23 Å². The molecule has 0 radical (unpaired) electrons. The first-order valence-corrected chi connectivity index (χ1v) is 4.23. The number of hydrogen-bond donors (Lipinski definition) is 0. The molecule has 0 N–H and O–H groups in total. The van der Waals surface area contributed by atoms with E-state index in [4.69, 9.17) is 4.74 Å². The fraction of sp³-hybridized carbons (Fsp3) is 1.00. The Morgan fingerprint density at radius 3 is 2.00 bits per heavy atom. The van der Waals surface area contributed by atoms with E-state index in [0.717, 1.165) is 19.1 Å². The lowest BCUT2D eigenvalue weighted by Crippen LogP contribution is -2.31. The van der Waals surface area contributed by atoms with Crippen LogP contribution in [0, 0.1) is 11.3 Å².